The number of anilines is 2. The number of fused-ring (bicyclic) bond motifs is 2. The Morgan fingerprint density at radius 3 is 2.23 bits per heavy atom. The lowest BCUT2D eigenvalue weighted by Gasteiger charge is -2.37. The molecule has 2 fully saturated rings. The van der Waals surface area contributed by atoms with E-state index in [0.29, 0.717) is 26.1 Å². The summed E-state index contributed by atoms with van der Waals surface area (Å²) in [5.41, 5.74) is 2.69. The molecule has 3 aliphatic heterocycles. The molecule has 4 aromatic carbocycles. The summed E-state index contributed by atoms with van der Waals surface area (Å²) < 4.78 is 12.7. The van der Waals surface area contributed by atoms with Crippen LogP contribution in [0.2, 0.25) is 18.6 Å². The summed E-state index contributed by atoms with van der Waals surface area (Å²) in [7, 11) is -0.872. The molecule has 0 bridgehead atoms. The first kappa shape index (κ1) is 35.6. The highest BCUT2D eigenvalue weighted by molar-refractivity contribution is 6.91. The Hall–Kier alpha value is -4.77. The van der Waals surface area contributed by atoms with Crippen molar-refractivity contribution in [1.82, 2.24) is 4.90 Å². The molecule has 1 spiro atoms. The quantitative estimate of drug-likeness (QED) is 0.151. The average molecular weight is 718 g/mol. The van der Waals surface area contributed by atoms with Crippen molar-refractivity contribution in [3.05, 3.63) is 120 Å². The predicted octanol–water partition coefficient (Wildman–Crippen LogP) is 5.61. The predicted molar refractivity (Wildman–Crippen MR) is 204 cm³/mol. The number of aliphatic hydroxyl groups excluding tert-OH is 1. The second-order valence-corrected chi connectivity index (χ2v) is 19.4. The summed E-state index contributed by atoms with van der Waals surface area (Å²) in [5.74, 6) is 0.211. The number of aliphatic hydroxyl groups is 1. The topological polar surface area (TPSA) is 99.6 Å². The maximum Gasteiger partial charge on any atom is 0.264 e. The van der Waals surface area contributed by atoms with E-state index in [-0.39, 0.29) is 48.8 Å². The normalized spacial score (nSPS) is 22.4. The molecule has 9 nitrogen and oxygen atoms in total. The van der Waals surface area contributed by atoms with Crippen LogP contribution in [0.4, 0.5) is 11.4 Å². The van der Waals surface area contributed by atoms with Gasteiger partial charge in [0.15, 0.2) is 5.60 Å². The summed E-state index contributed by atoms with van der Waals surface area (Å²) in [4.78, 5) is 47.5. The molecule has 10 heteroatoms. The summed E-state index contributed by atoms with van der Waals surface area (Å²) in [6.45, 7) is 8.06. The van der Waals surface area contributed by atoms with E-state index < -0.39 is 19.8 Å². The lowest BCUT2D eigenvalue weighted by atomic mass is 9.82. The van der Waals surface area contributed by atoms with Gasteiger partial charge in [0.25, 0.3) is 5.91 Å². The van der Waals surface area contributed by atoms with E-state index in [9.17, 15) is 14.7 Å². The van der Waals surface area contributed by atoms with Gasteiger partial charge in [0.05, 0.1) is 46.5 Å². The molecule has 3 amide bonds. The van der Waals surface area contributed by atoms with E-state index >= 15 is 4.79 Å². The Bertz CT molecular complexity index is 1940. The molecule has 0 saturated carbocycles. The van der Waals surface area contributed by atoms with Gasteiger partial charge in [-0.15, -0.1) is 0 Å². The van der Waals surface area contributed by atoms with Crippen LogP contribution in [-0.2, 0) is 37.8 Å². The number of hydrogen-bond acceptors (Lipinski definition) is 6. The highest BCUT2D eigenvalue weighted by atomic mass is 28.3. The van der Waals surface area contributed by atoms with Crippen molar-refractivity contribution in [2.24, 2.45) is 5.92 Å². The van der Waals surface area contributed by atoms with Crippen LogP contribution in [0.1, 0.15) is 36.5 Å². The molecule has 4 atom stereocenters. The minimum atomic E-state index is -2.52. The number of ether oxygens (including phenoxy) is 2. The fraction of sp³-hybridized carbons (Fsp3) is 0.357. The van der Waals surface area contributed by atoms with Crippen LogP contribution in [0.25, 0.3) is 0 Å². The van der Waals surface area contributed by atoms with Gasteiger partial charge in [0, 0.05) is 43.2 Å². The Morgan fingerprint density at radius 1 is 0.962 bits per heavy atom. The van der Waals surface area contributed by atoms with Gasteiger partial charge in [0.1, 0.15) is 5.75 Å². The second kappa shape index (κ2) is 14.3. The van der Waals surface area contributed by atoms with Crippen LogP contribution >= 0.6 is 0 Å². The Labute approximate surface area is 306 Å². The molecule has 0 unspecified atom stereocenters. The van der Waals surface area contributed by atoms with Gasteiger partial charge in [-0.3, -0.25) is 14.4 Å². The summed E-state index contributed by atoms with van der Waals surface area (Å²) in [6.07, 6.45) is -0.0389. The van der Waals surface area contributed by atoms with Crippen LogP contribution in [-0.4, -0.2) is 68.7 Å². The first-order valence-electron chi connectivity index (χ1n) is 18.1. The third kappa shape index (κ3) is 6.22. The molecule has 52 heavy (non-hydrogen) atoms. The minimum absolute atomic E-state index is 0.0524. The number of β-lactam (4-membered cyclic amide) rings is 1. The van der Waals surface area contributed by atoms with Crippen molar-refractivity contribution in [2.75, 3.05) is 36.6 Å². The Kier molecular flexibility index (Phi) is 9.82. The van der Waals surface area contributed by atoms with Crippen molar-refractivity contribution in [2.45, 2.75) is 63.2 Å². The number of amides is 3. The molecule has 2 saturated heterocycles. The van der Waals surface area contributed by atoms with Gasteiger partial charge in [-0.25, -0.2) is 0 Å². The highest BCUT2D eigenvalue weighted by Gasteiger charge is 2.66. The van der Waals surface area contributed by atoms with Crippen molar-refractivity contribution in [3.63, 3.8) is 0 Å². The van der Waals surface area contributed by atoms with Crippen molar-refractivity contribution >= 4 is 42.4 Å². The minimum Gasteiger partial charge on any atom is -0.497 e. The molecule has 270 valence electrons. The lowest BCUT2D eigenvalue weighted by molar-refractivity contribution is -0.150. The maximum atomic E-state index is 15.2. The van der Waals surface area contributed by atoms with E-state index in [1.165, 1.54) is 5.19 Å². The molecular weight excluding hydrogens is 671 g/mol. The molecule has 3 aliphatic rings. The Morgan fingerprint density at radius 2 is 1.63 bits per heavy atom. The molecule has 7 rings (SSSR count). The first-order chi connectivity index (χ1) is 25.1. The Balaban J connectivity index is 1.33. The highest BCUT2D eigenvalue weighted by Crippen LogP contribution is 2.60. The van der Waals surface area contributed by atoms with E-state index in [4.69, 9.17) is 9.47 Å². The average Bonchev–Trinajstić information content (AvgIpc) is 3.57. The van der Waals surface area contributed by atoms with Crippen LogP contribution in [0, 0.1) is 5.92 Å². The van der Waals surface area contributed by atoms with E-state index in [2.05, 4.69) is 32.2 Å². The fourth-order valence-electron chi connectivity index (χ4n) is 8.70. The van der Waals surface area contributed by atoms with Crippen LogP contribution < -0.4 is 19.7 Å². The van der Waals surface area contributed by atoms with Gasteiger partial charge in [-0.2, -0.15) is 0 Å². The number of rotatable bonds is 12. The number of benzene rings is 4. The number of carbonyl (C=O) groups excluding carboxylic acids is 3. The van der Waals surface area contributed by atoms with Crippen molar-refractivity contribution < 1.29 is 29.0 Å². The SMILES string of the molecule is COc1ccc([Si](C)(C)[C@@H]2[C@@H](CC(=O)N(CCO)Cc3ccccc3)O[C@]3(C(=O)N(Cc4ccccc4)c4ccc(N5CCC5=O)cc43)[C@H]2C)cc1. The van der Waals surface area contributed by atoms with E-state index in [0.717, 1.165) is 33.8 Å². The number of carbonyl (C=O) groups is 3. The largest absolute Gasteiger partial charge is 0.497 e. The number of hydrogen-bond donors (Lipinski definition) is 1. The first-order valence-corrected chi connectivity index (χ1v) is 21.2. The molecule has 0 aliphatic carbocycles. The van der Waals surface area contributed by atoms with Gasteiger partial charge in [-0.1, -0.05) is 98.0 Å². The lowest BCUT2D eigenvalue weighted by Crippen LogP contribution is -2.52. The smallest absolute Gasteiger partial charge is 0.264 e. The third-order valence-electron chi connectivity index (χ3n) is 11.5. The van der Waals surface area contributed by atoms with Gasteiger partial charge >= 0.3 is 0 Å². The van der Waals surface area contributed by atoms with Crippen LogP contribution in [0.5, 0.6) is 5.75 Å². The number of nitrogens with zero attached hydrogens (tertiary/aromatic N) is 3. The van der Waals surface area contributed by atoms with Gasteiger partial charge < -0.3 is 29.3 Å². The molecule has 0 aromatic heterocycles. The van der Waals surface area contributed by atoms with E-state index in [1.54, 1.807) is 16.9 Å². The maximum absolute atomic E-state index is 15.2. The molecular formula is C42H47N3O6Si. The zero-order chi connectivity index (χ0) is 36.6. The van der Waals surface area contributed by atoms with Crippen molar-refractivity contribution in [1.29, 1.82) is 0 Å². The molecule has 3 heterocycles. The third-order valence-corrected chi connectivity index (χ3v) is 15.8. The van der Waals surface area contributed by atoms with E-state index in [1.807, 2.05) is 95.9 Å². The second-order valence-electron chi connectivity index (χ2n) is 14.8. The number of methoxy groups -OCH3 is 1. The van der Waals surface area contributed by atoms with Gasteiger partial charge in [0.2, 0.25) is 11.8 Å². The molecule has 0 radical (unpaired) electrons. The van der Waals surface area contributed by atoms with Gasteiger partial charge in [-0.05, 0) is 47.0 Å². The summed E-state index contributed by atoms with van der Waals surface area (Å²) >= 11 is 0. The monoisotopic (exact) mass is 717 g/mol. The standard InChI is InChI=1S/C42H47N3O6Si/c1-29-40(52(3,4)34-18-16-33(50-2)17-19-34)37(26-39(48)43(23-24-46)27-30-11-7-5-8-12-30)51-42(29)35-25-32(44-22-21-38(44)47)15-20-36(35)45(41(42)49)28-31-13-9-6-10-14-31/h5-20,25,29,37,40,46H,21-24,26-28H2,1-4H3/t29-,37+,40-,42+/m0/s1. The van der Waals surface area contributed by atoms with Crippen LogP contribution in [0.15, 0.2) is 103 Å². The fourth-order valence-corrected chi connectivity index (χ4v) is 12.7. The zero-order valence-corrected chi connectivity index (χ0v) is 31.3. The molecule has 1 N–H and O–H groups in total. The summed E-state index contributed by atoms with van der Waals surface area (Å²) in [5, 5.41) is 11.2. The van der Waals surface area contributed by atoms with Crippen LogP contribution in [0.3, 0.4) is 0 Å². The zero-order valence-electron chi connectivity index (χ0n) is 30.3. The molecule has 4 aromatic rings. The summed E-state index contributed by atoms with van der Waals surface area (Å²) in [6, 6.07) is 33.7. The van der Waals surface area contributed by atoms with Crippen molar-refractivity contribution in [3.8, 4) is 5.75 Å².